The van der Waals surface area contributed by atoms with Crippen LogP contribution >= 0.6 is 0 Å². The van der Waals surface area contributed by atoms with Gasteiger partial charge in [-0.1, -0.05) is 25.7 Å². The van der Waals surface area contributed by atoms with E-state index in [0.717, 1.165) is 24.2 Å². The highest BCUT2D eigenvalue weighted by Gasteiger charge is 2.45. The minimum atomic E-state index is 0.854. The lowest BCUT2D eigenvalue weighted by Crippen LogP contribution is -2.64. The van der Waals surface area contributed by atoms with Gasteiger partial charge < -0.3 is 0 Å². The molecule has 3 heterocycles. The fourth-order valence-corrected chi connectivity index (χ4v) is 4.58. The second kappa shape index (κ2) is 4.30. The van der Waals surface area contributed by atoms with Crippen molar-refractivity contribution in [2.75, 3.05) is 14.1 Å². The molecule has 3 aliphatic heterocycles. The Morgan fingerprint density at radius 3 is 1.06 bits per heavy atom. The second-order valence-corrected chi connectivity index (χ2v) is 6.17. The monoisotopic (exact) mass is 222 g/mol. The van der Waals surface area contributed by atoms with Crippen LogP contribution in [0.15, 0.2) is 0 Å². The first-order chi connectivity index (χ1) is 7.79. The van der Waals surface area contributed by atoms with E-state index < -0.39 is 0 Å². The van der Waals surface area contributed by atoms with Gasteiger partial charge in [0.05, 0.1) is 0 Å². The predicted octanol–water partition coefficient (Wildman–Crippen LogP) is 2.49. The number of rotatable bonds is 0. The van der Waals surface area contributed by atoms with Crippen LogP contribution in [-0.4, -0.2) is 48.1 Å². The number of likely N-dealkylation sites (N-methyl/N-ethyl adjacent to an activating group) is 2. The van der Waals surface area contributed by atoms with Gasteiger partial charge in [0.2, 0.25) is 0 Å². The van der Waals surface area contributed by atoms with E-state index in [4.69, 9.17) is 0 Å². The van der Waals surface area contributed by atoms with Crippen LogP contribution in [0.5, 0.6) is 0 Å². The van der Waals surface area contributed by atoms with E-state index in [1.54, 1.807) is 0 Å². The Balaban J connectivity index is 1.93. The van der Waals surface area contributed by atoms with Crippen molar-refractivity contribution in [3.05, 3.63) is 0 Å². The van der Waals surface area contributed by atoms with Crippen molar-refractivity contribution >= 4 is 0 Å². The van der Waals surface area contributed by atoms with E-state index in [1.165, 1.54) is 51.4 Å². The highest BCUT2D eigenvalue weighted by atomic mass is 15.3. The molecule has 3 aliphatic rings. The summed E-state index contributed by atoms with van der Waals surface area (Å²) >= 11 is 0. The molecule has 2 heteroatoms. The summed E-state index contributed by atoms with van der Waals surface area (Å²) in [7, 11) is 4.80. The highest BCUT2D eigenvalue weighted by molar-refractivity contribution is 5.02. The highest BCUT2D eigenvalue weighted by Crippen LogP contribution is 2.38. The molecule has 0 radical (unpaired) electrons. The minimum Gasteiger partial charge on any atom is -0.297 e. The van der Waals surface area contributed by atoms with Gasteiger partial charge in [-0.05, 0) is 39.8 Å². The van der Waals surface area contributed by atoms with Crippen molar-refractivity contribution in [1.29, 1.82) is 0 Å². The molecular formula is C14H26N2. The number of piperazine rings is 1. The van der Waals surface area contributed by atoms with Crippen molar-refractivity contribution in [2.24, 2.45) is 0 Å². The van der Waals surface area contributed by atoms with Gasteiger partial charge in [0.1, 0.15) is 0 Å². The summed E-state index contributed by atoms with van der Waals surface area (Å²) < 4.78 is 0. The van der Waals surface area contributed by atoms with Crippen LogP contribution in [0, 0.1) is 0 Å². The Morgan fingerprint density at radius 2 is 0.812 bits per heavy atom. The van der Waals surface area contributed by atoms with Crippen LogP contribution in [0.3, 0.4) is 0 Å². The molecule has 4 unspecified atom stereocenters. The Morgan fingerprint density at radius 1 is 0.562 bits per heavy atom. The van der Waals surface area contributed by atoms with Gasteiger partial charge in [-0.2, -0.15) is 0 Å². The molecule has 4 atom stereocenters. The summed E-state index contributed by atoms with van der Waals surface area (Å²) in [5.74, 6) is 0. The van der Waals surface area contributed by atoms with Crippen LogP contribution < -0.4 is 0 Å². The first-order valence-electron chi connectivity index (χ1n) is 7.23. The molecule has 0 spiro atoms. The molecule has 3 saturated heterocycles. The Kier molecular flexibility index (Phi) is 2.97. The zero-order valence-corrected chi connectivity index (χ0v) is 10.9. The number of hydrogen-bond donors (Lipinski definition) is 0. The number of nitrogens with zero attached hydrogens (tertiary/aromatic N) is 2. The Hall–Kier alpha value is -0.0800. The average molecular weight is 222 g/mol. The Labute approximate surface area is 100.0 Å². The van der Waals surface area contributed by atoms with Gasteiger partial charge in [-0.15, -0.1) is 0 Å². The summed E-state index contributed by atoms with van der Waals surface area (Å²) in [5.41, 5.74) is 0. The third-order valence-corrected chi connectivity index (χ3v) is 5.48. The molecule has 0 aromatic rings. The fraction of sp³-hybridized carbons (Fsp3) is 1.00. The summed E-state index contributed by atoms with van der Waals surface area (Å²) in [6, 6.07) is 3.41. The third kappa shape index (κ3) is 1.62. The SMILES string of the molecule is CN1C2CCCCC1C1CCCCC2N1C. The molecule has 16 heavy (non-hydrogen) atoms. The standard InChI is InChI=1S/C14H26N2/c1-15-11-7-3-4-8-12(15)14-10-6-5-9-13(11)16(14)2/h11-14H,3-10H2,1-2H3. The maximum atomic E-state index is 2.76. The van der Waals surface area contributed by atoms with Crippen molar-refractivity contribution in [3.8, 4) is 0 Å². The van der Waals surface area contributed by atoms with Gasteiger partial charge >= 0.3 is 0 Å². The number of fused-ring (bicyclic) bond motifs is 6. The van der Waals surface area contributed by atoms with E-state index in [1.807, 2.05) is 0 Å². The van der Waals surface area contributed by atoms with Crippen molar-refractivity contribution in [1.82, 2.24) is 9.80 Å². The maximum absolute atomic E-state index is 2.76. The van der Waals surface area contributed by atoms with Gasteiger partial charge in [0, 0.05) is 24.2 Å². The molecule has 2 nitrogen and oxygen atoms in total. The molecule has 0 aliphatic carbocycles. The van der Waals surface area contributed by atoms with Crippen LogP contribution in [0.1, 0.15) is 51.4 Å². The third-order valence-electron chi connectivity index (χ3n) is 5.48. The quantitative estimate of drug-likeness (QED) is 0.621. The van der Waals surface area contributed by atoms with Crippen molar-refractivity contribution in [2.45, 2.75) is 75.5 Å². The van der Waals surface area contributed by atoms with Crippen LogP contribution in [0.25, 0.3) is 0 Å². The summed E-state index contributed by atoms with van der Waals surface area (Å²) in [4.78, 5) is 5.52. The van der Waals surface area contributed by atoms with Crippen LogP contribution in [-0.2, 0) is 0 Å². The largest absolute Gasteiger partial charge is 0.297 e. The molecule has 3 rings (SSSR count). The van der Waals surface area contributed by atoms with E-state index in [0.29, 0.717) is 0 Å². The fourth-order valence-electron chi connectivity index (χ4n) is 4.58. The molecule has 0 aromatic heterocycles. The van der Waals surface area contributed by atoms with E-state index >= 15 is 0 Å². The molecule has 92 valence electrons. The lowest BCUT2D eigenvalue weighted by Gasteiger charge is -2.52. The maximum Gasteiger partial charge on any atom is 0.0252 e. The van der Waals surface area contributed by atoms with Gasteiger partial charge in [-0.3, -0.25) is 9.80 Å². The summed E-state index contributed by atoms with van der Waals surface area (Å²) in [5, 5.41) is 0. The second-order valence-electron chi connectivity index (χ2n) is 6.17. The van der Waals surface area contributed by atoms with Crippen molar-refractivity contribution < 1.29 is 0 Å². The molecule has 4 bridgehead atoms. The van der Waals surface area contributed by atoms with Crippen molar-refractivity contribution in [3.63, 3.8) is 0 Å². The normalized spacial score (nSPS) is 46.1. The topological polar surface area (TPSA) is 6.48 Å². The first-order valence-corrected chi connectivity index (χ1v) is 7.23. The zero-order chi connectivity index (χ0) is 11.1. The number of hydrogen-bond acceptors (Lipinski definition) is 2. The van der Waals surface area contributed by atoms with Gasteiger partial charge in [0.25, 0.3) is 0 Å². The van der Waals surface area contributed by atoms with Gasteiger partial charge in [-0.25, -0.2) is 0 Å². The molecule has 3 fully saturated rings. The summed E-state index contributed by atoms with van der Waals surface area (Å²) in [6.07, 6.45) is 11.6. The molecule has 0 aromatic carbocycles. The van der Waals surface area contributed by atoms with Crippen LogP contribution in [0.2, 0.25) is 0 Å². The molecule has 0 N–H and O–H groups in total. The molecule has 0 amide bonds. The van der Waals surface area contributed by atoms with E-state index in [9.17, 15) is 0 Å². The first kappa shape index (κ1) is 11.0. The average Bonchev–Trinajstić information content (AvgIpc) is 2.48. The van der Waals surface area contributed by atoms with E-state index in [-0.39, 0.29) is 0 Å². The molecular weight excluding hydrogens is 196 g/mol. The zero-order valence-electron chi connectivity index (χ0n) is 10.9. The lowest BCUT2D eigenvalue weighted by molar-refractivity contribution is -0.0324. The smallest absolute Gasteiger partial charge is 0.0252 e. The van der Waals surface area contributed by atoms with Crippen LogP contribution in [0.4, 0.5) is 0 Å². The van der Waals surface area contributed by atoms with E-state index in [2.05, 4.69) is 23.9 Å². The Bertz CT molecular complexity index is 203. The molecule has 0 saturated carbocycles. The lowest BCUT2D eigenvalue weighted by atomic mass is 9.90. The summed E-state index contributed by atoms with van der Waals surface area (Å²) in [6.45, 7) is 0. The van der Waals surface area contributed by atoms with Gasteiger partial charge in [0.15, 0.2) is 0 Å². The minimum absolute atomic E-state index is 0.854. The predicted molar refractivity (Wildman–Crippen MR) is 67.6 cm³/mol.